The van der Waals surface area contributed by atoms with E-state index >= 15 is 0 Å². The van der Waals surface area contributed by atoms with Gasteiger partial charge in [0.1, 0.15) is 0 Å². The Labute approximate surface area is 273 Å². The first-order chi connectivity index (χ1) is 17.3. The molecular weight excluding hydrogens is 685 g/mol. The van der Waals surface area contributed by atoms with Gasteiger partial charge in [-0.05, 0) is 58.7 Å². The molecule has 0 aromatic rings. The van der Waals surface area contributed by atoms with Gasteiger partial charge < -0.3 is 0 Å². The summed E-state index contributed by atoms with van der Waals surface area (Å²) in [6.07, 6.45) is 25.8. The average Bonchev–Trinajstić information content (AvgIpc) is 2.88. The van der Waals surface area contributed by atoms with Gasteiger partial charge in [-0.1, -0.05) is 52.4 Å². The van der Waals surface area contributed by atoms with Crippen molar-refractivity contribution in [1.29, 1.82) is 0 Å². The number of halogens is 1. The fraction of sp³-hybridized carbons (Fsp3) is 0.520. The molecule has 0 N–H and O–H groups in total. The Morgan fingerprint density at radius 1 is 0.750 bits per heavy atom. The summed E-state index contributed by atoms with van der Waals surface area (Å²) in [5.74, 6) is 5.84. The van der Waals surface area contributed by atoms with E-state index in [2.05, 4.69) is 103 Å². The summed E-state index contributed by atoms with van der Waals surface area (Å²) >= 11 is 21.4. The second-order valence-electron chi connectivity index (χ2n) is 5.28. The molecule has 0 aromatic carbocycles. The van der Waals surface area contributed by atoms with Crippen molar-refractivity contribution in [2.24, 2.45) is 0 Å². The summed E-state index contributed by atoms with van der Waals surface area (Å²) in [6, 6.07) is 0. The zero-order valence-electron chi connectivity index (χ0n) is 23.0. The lowest BCUT2D eigenvalue weighted by Gasteiger charge is -1.82. The molecule has 0 bridgehead atoms. The van der Waals surface area contributed by atoms with Crippen molar-refractivity contribution in [3.63, 3.8) is 0 Å². The Hall–Kier alpha value is 1.87. The van der Waals surface area contributed by atoms with E-state index in [9.17, 15) is 4.21 Å². The minimum Gasteiger partial charge on any atom is -0.260 e. The van der Waals surface area contributed by atoms with Gasteiger partial charge in [0, 0.05) is 51.6 Å². The second kappa shape index (κ2) is 65.7. The highest BCUT2D eigenvalue weighted by Gasteiger charge is 1.80. The van der Waals surface area contributed by atoms with E-state index in [4.69, 9.17) is 0 Å². The van der Waals surface area contributed by atoms with Gasteiger partial charge in [-0.3, -0.25) is 4.21 Å². The van der Waals surface area contributed by atoms with Crippen LogP contribution in [-0.4, -0.2) is 82.5 Å². The molecule has 0 spiro atoms. The maximum Gasteiger partial charge on any atom is 0.0420 e. The molecule has 1 atom stereocenters. The molecular formula is C25H49BrOS9. The minimum absolute atomic E-state index is 0.667. The van der Waals surface area contributed by atoms with E-state index in [0.717, 1.165) is 28.8 Å². The van der Waals surface area contributed by atoms with Crippen LogP contribution in [0.1, 0.15) is 0 Å². The maximum atomic E-state index is 10.4. The molecule has 1 nitrogen and oxygen atoms in total. The van der Waals surface area contributed by atoms with Crippen molar-refractivity contribution in [3.05, 3.63) is 70.8 Å². The SMILES string of the molecule is C=CCS.C=CCSC.CS/C=C/CS(C)=O.CS/C=C/CSC.CSC/C=C/Br.CSC/C=C/S. The molecule has 0 saturated heterocycles. The largest absolute Gasteiger partial charge is 0.260 e. The van der Waals surface area contributed by atoms with E-state index in [1.165, 1.54) is 0 Å². The average molecular weight is 734 g/mol. The molecule has 0 aromatic heterocycles. The van der Waals surface area contributed by atoms with Gasteiger partial charge in [0.2, 0.25) is 0 Å². The Kier molecular flexibility index (Phi) is 92.5. The van der Waals surface area contributed by atoms with Crippen molar-refractivity contribution in [2.45, 2.75) is 0 Å². The first-order valence-electron chi connectivity index (χ1n) is 10.3. The van der Waals surface area contributed by atoms with Crippen LogP contribution >= 0.6 is 112 Å². The van der Waals surface area contributed by atoms with Crippen LogP contribution in [0.25, 0.3) is 0 Å². The predicted octanol–water partition coefficient (Wildman–Crippen LogP) is 10.2. The molecule has 216 valence electrons. The van der Waals surface area contributed by atoms with Gasteiger partial charge in [-0.15, -0.1) is 36.7 Å². The van der Waals surface area contributed by atoms with Crippen molar-refractivity contribution in [1.82, 2.24) is 0 Å². The molecule has 0 aliphatic carbocycles. The zero-order valence-corrected chi connectivity index (χ0v) is 32.1. The van der Waals surface area contributed by atoms with Gasteiger partial charge in [0.15, 0.2) is 0 Å². The molecule has 0 amide bonds. The third kappa shape index (κ3) is 110. The van der Waals surface area contributed by atoms with E-state index in [1.54, 1.807) is 64.8 Å². The lowest BCUT2D eigenvalue weighted by Crippen LogP contribution is -1.86. The second-order valence-corrected chi connectivity index (χ2v) is 13.1. The number of thiol groups is 2. The first-order valence-corrected chi connectivity index (χ1v) is 22.3. The molecule has 0 radical (unpaired) electrons. The summed E-state index contributed by atoms with van der Waals surface area (Å²) in [5.41, 5.74) is 0. The van der Waals surface area contributed by atoms with Crippen molar-refractivity contribution in [2.75, 3.05) is 78.3 Å². The van der Waals surface area contributed by atoms with Gasteiger partial charge in [-0.2, -0.15) is 72.3 Å². The molecule has 0 fully saturated rings. The van der Waals surface area contributed by atoms with Gasteiger partial charge >= 0.3 is 0 Å². The van der Waals surface area contributed by atoms with Gasteiger partial charge in [0.05, 0.1) is 0 Å². The summed E-state index contributed by atoms with van der Waals surface area (Å²) in [6.45, 7) is 6.93. The highest BCUT2D eigenvalue weighted by Crippen LogP contribution is 1.97. The molecule has 0 aliphatic rings. The number of hydrogen-bond donors (Lipinski definition) is 2. The van der Waals surface area contributed by atoms with Crippen LogP contribution in [0, 0.1) is 0 Å². The predicted molar refractivity (Wildman–Crippen MR) is 208 cm³/mol. The van der Waals surface area contributed by atoms with Crippen LogP contribution in [0.15, 0.2) is 70.8 Å². The van der Waals surface area contributed by atoms with Crippen molar-refractivity contribution >= 4 is 123 Å². The van der Waals surface area contributed by atoms with Gasteiger partial charge in [-0.25, -0.2) is 0 Å². The quantitative estimate of drug-likeness (QED) is 0.143. The maximum absolute atomic E-state index is 10.4. The Morgan fingerprint density at radius 3 is 1.39 bits per heavy atom. The lowest BCUT2D eigenvalue weighted by atomic mass is 10.8. The fourth-order valence-corrected chi connectivity index (χ4v) is 3.86. The molecule has 0 aliphatic heterocycles. The first kappa shape index (κ1) is 50.7. The standard InChI is InChI=1S/C5H10OS2.C5H10S2.C4H7BrS.C4H8S2.C4H8S.C3H6S/c1-7-4-3-5-8(2)6;1-6-4-3-5-7-2;2*1-6-4-2-3-5;1-3-4-5-2;1-2-3-4/h3-4H,5H2,1-2H3;3-4H,5H2,1-2H3;2-3H,4H2,1H3;2-3,5H,4H2,1H3;3H,1,4H2,2H3;2,4H,1,3H2/b2*4-3+;2*3-2+;;. The van der Waals surface area contributed by atoms with Crippen LogP contribution in [0.3, 0.4) is 0 Å². The van der Waals surface area contributed by atoms with Crippen LogP contribution in [0.2, 0.25) is 0 Å². The summed E-state index contributed by atoms with van der Waals surface area (Å²) in [5, 5.41) is 5.81. The van der Waals surface area contributed by atoms with Gasteiger partial charge in [0.25, 0.3) is 0 Å². The highest BCUT2D eigenvalue weighted by molar-refractivity contribution is 9.11. The van der Waals surface area contributed by atoms with E-state index in [-0.39, 0.29) is 0 Å². The Morgan fingerprint density at radius 2 is 1.17 bits per heavy atom. The van der Waals surface area contributed by atoms with Crippen LogP contribution in [-0.2, 0) is 10.8 Å². The lowest BCUT2D eigenvalue weighted by molar-refractivity contribution is 0.688. The molecule has 1 unspecified atom stereocenters. The fourth-order valence-electron chi connectivity index (χ4n) is 0.892. The molecule has 11 heteroatoms. The Balaban J connectivity index is -0.0000000760. The zero-order chi connectivity index (χ0) is 29.1. The van der Waals surface area contributed by atoms with E-state index in [0.29, 0.717) is 5.75 Å². The highest BCUT2D eigenvalue weighted by atomic mass is 79.9. The summed E-state index contributed by atoms with van der Waals surface area (Å²) < 4.78 is 10.4. The molecule has 0 rings (SSSR count). The van der Waals surface area contributed by atoms with Crippen LogP contribution in [0.4, 0.5) is 0 Å². The Bertz CT molecular complexity index is 484. The number of rotatable bonds is 13. The summed E-state index contributed by atoms with van der Waals surface area (Å²) in [4.78, 5) is 1.88. The van der Waals surface area contributed by atoms with Crippen molar-refractivity contribution < 1.29 is 4.21 Å². The topological polar surface area (TPSA) is 17.1 Å². The summed E-state index contributed by atoms with van der Waals surface area (Å²) in [7, 11) is -0.667. The third-order valence-electron chi connectivity index (χ3n) is 2.19. The van der Waals surface area contributed by atoms with E-state index in [1.807, 2.05) is 58.4 Å². The molecule has 0 heterocycles. The number of thioether (sulfide) groups is 6. The van der Waals surface area contributed by atoms with Crippen LogP contribution in [0.5, 0.6) is 0 Å². The number of hydrogen-bond acceptors (Lipinski definition) is 9. The molecule has 0 saturated carbocycles. The van der Waals surface area contributed by atoms with Crippen molar-refractivity contribution in [3.8, 4) is 0 Å². The smallest absolute Gasteiger partial charge is 0.0420 e. The normalized spacial score (nSPS) is 10.5. The van der Waals surface area contributed by atoms with E-state index < -0.39 is 10.8 Å². The molecule has 36 heavy (non-hydrogen) atoms. The third-order valence-corrected chi connectivity index (χ3v) is 6.77. The minimum atomic E-state index is -0.667. The van der Waals surface area contributed by atoms with Crippen LogP contribution < -0.4 is 0 Å². The monoisotopic (exact) mass is 732 g/mol.